The second-order valence-electron chi connectivity index (χ2n) is 4.71. The van der Waals surface area contributed by atoms with Crippen molar-refractivity contribution in [3.8, 4) is 0 Å². The van der Waals surface area contributed by atoms with Crippen LogP contribution in [0.1, 0.15) is 19.8 Å². The Hall–Kier alpha value is -1.36. The van der Waals surface area contributed by atoms with Gasteiger partial charge in [-0.3, -0.25) is 9.59 Å². The number of nitrogens with zero attached hydrogens (tertiary/aromatic N) is 1. The molecule has 0 radical (unpaired) electrons. The smallest absolute Gasteiger partial charge is 0.323 e. The Morgan fingerprint density at radius 2 is 2.29 bits per heavy atom. The molecule has 1 amide bonds. The molecular weight excluding hydrogens is 220 g/mol. The lowest BCUT2D eigenvalue weighted by atomic mass is 9.81. The van der Waals surface area contributed by atoms with E-state index in [1.54, 1.807) is 6.08 Å². The van der Waals surface area contributed by atoms with Gasteiger partial charge < -0.3 is 15.3 Å². The van der Waals surface area contributed by atoms with Gasteiger partial charge >= 0.3 is 5.97 Å². The Bertz CT molecular complexity index is 309. The van der Waals surface area contributed by atoms with Crippen LogP contribution in [-0.2, 0) is 9.59 Å². The molecule has 1 fully saturated rings. The molecule has 0 aromatic heterocycles. The Morgan fingerprint density at radius 1 is 1.59 bits per heavy atom. The molecule has 0 aromatic carbocycles. The summed E-state index contributed by atoms with van der Waals surface area (Å²) in [6.07, 6.45) is 3.30. The highest BCUT2D eigenvalue weighted by molar-refractivity contribution is 5.86. The minimum absolute atomic E-state index is 0.105. The Morgan fingerprint density at radius 3 is 2.76 bits per heavy atom. The van der Waals surface area contributed by atoms with Crippen LogP contribution in [0.5, 0.6) is 0 Å². The average Bonchev–Trinajstić information content (AvgIpc) is 2.28. The van der Waals surface area contributed by atoms with Crippen molar-refractivity contribution in [2.24, 2.45) is 5.41 Å². The third-order valence-electron chi connectivity index (χ3n) is 3.08. The van der Waals surface area contributed by atoms with Crippen molar-refractivity contribution in [2.45, 2.75) is 19.8 Å². The van der Waals surface area contributed by atoms with Crippen LogP contribution in [0.15, 0.2) is 12.7 Å². The van der Waals surface area contributed by atoms with Gasteiger partial charge in [0.2, 0.25) is 5.91 Å². The topological polar surface area (TPSA) is 69.6 Å². The first-order chi connectivity index (χ1) is 7.99. The van der Waals surface area contributed by atoms with Crippen molar-refractivity contribution < 1.29 is 14.7 Å². The van der Waals surface area contributed by atoms with Crippen molar-refractivity contribution in [1.29, 1.82) is 0 Å². The van der Waals surface area contributed by atoms with E-state index in [1.807, 2.05) is 6.92 Å². The SMILES string of the molecule is C=CCN(CC(=O)O)C(=O)C1(C)CCCNC1. The van der Waals surface area contributed by atoms with Gasteiger partial charge in [-0.15, -0.1) is 6.58 Å². The summed E-state index contributed by atoms with van der Waals surface area (Å²) in [6, 6.07) is 0. The van der Waals surface area contributed by atoms with Gasteiger partial charge in [0, 0.05) is 13.1 Å². The van der Waals surface area contributed by atoms with Gasteiger partial charge in [0.05, 0.1) is 5.41 Å². The van der Waals surface area contributed by atoms with Crippen LogP contribution >= 0.6 is 0 Å². The molecule has 0 bridgehead atoms. The Balaban J connectivity index is 2.74. The minimum Gasteiger partial charge on any atom is -0.480 e. The van der Waals surface area contributed by atoms with Crippen LogP contribution in [0.25, 0.3) is 0 Å². The van der Waals surface area contributed by atoms with E-state index in [0.717, 1.165) is 19.4 Å². The molecule has 0 saturated carbocycles. The molecule has 0 spiro atoms. The number of carboxylic acids is 1. The van der Waals surface area contributed by atoms with Crippen molar-refractivity contribution >= 4 is 11.9 Å². The van der Waals surface area contributed by atoms with E-state index in [-0.39, 0.29) is 19.0 Å². The first-order valence-corrected chi connectivity index (χ1v) is 5.82. The molecule has 2 N–H and O–H groups in total. The number of carboxylic acid groups (broad SMARTS) is 1. The van der Waals surface area contributed by atoms with Crippen molar-refractivity contribution in [3.63, 3.8) is 0 Å². The normalized spacial score (nSPS) is 24.1. The number of amides is 1. The maximum absolute atomic E-state index is 12.3. The third-order valence-corrected chi connectivity index (χ3v) is 3.08. The lowest BCUT2D eigenvalue weighted by molar-refractivity contribution is -0.149. The zero-order valence-corrected chi connectivity index (χ0v) is 10.2. The van der Waals surface area contributed by atoms with E-state index >= 15 is 0 Å². The fraction of sp³-hybridized carbons (Fsp3) is 0.667. The van der Waals surface area contributed by atoms with Crippen LogP contribution < -0.4 is 5.32 Å². The first kappa shape index (κ1) is 13.7. The summed E-state index contributed by atoms with van der Waals surface area (Å²) in [6.45, 7) is 6.99. The van der Waals surface area contributed by atoms with Gasteiger partial charge in [0.1, 0.15) is 6.54 Å². The monoisotopic (exact) mass is 240 g/mol. The molecule has 1 aliphatic heterocycles. The van der Waals surface area contributed by atoms with Crippen LogP contribution in [-0.4, -0.2) is 48.1 Å². The molecule has 1 aliphatic rings. The first-order valence-electron chi connectivity index (χ1n) is 5.82. The number of carbonyl (C=O) groups excluding carboxylic acids is 1. The van der Waals surface area contributed by atoms with E-state index in [1.165, 1.54) is 4.90 Å². The lowest BCUT2D eigenvalue weighted by Crippen LogP contribution is -2.51. The molecule has 0 aromatic rings. The Kier molecular flexibility index (Phi) is 4.69. The predicted octanol–water partition coefficient (Wildman–Crippen LogP) is 0.475. The van der Waals surface area contributed by atoms with Gasteiger partial charge in [-0.2, -0.15) is 0 Å². The fourth-order valence-corrected chi connectivity index (χ4v) is 2.16. The summed E-state index contributed by atoms with van der Waals surface area (Å²) < 4.78 is 0. The molecule has 1 rings (SSSR count). The molecule has 1 atom stereocenters. The Labute approximate surface area is 101 Å². The molecule has 0 aliphatic carbocycles. The molecule has 1 saturated heterocycles. The van der Waals surface area contributed by atoms with Crippen LogP contribution in [0.3, 0.4) is 0 Å². The van der Waals surface area contributed by atoms with Gasteiger partial charge in [-0.05, 0) is 26.3 Å². The van der Waals surface area contributed by atoms with E-state index in [9.17, 15) is 9.59 Å². The molecule has 1 unspecified atom stereocenters. The summed E-state index contributed by atoms with van der Waals surface area (Å²) >= 11 is 0. The number of aliphatic carboxylic acids is 1. The van der Waals surface area contributed by atoms with Crippen LogP contribution in [0, 0.1) is 5.41 Å². The second kappa shape index (κ2) is 5.82. The van der Waals surface area contributed by atoms with Crippen molar-refractivity contribution in [2.75, 3.05) is 26.2 Å². The highest BCUT2D eigenvalue weighted by Gasteiger charge is 2.37. The maximum atomic E-state index is 12.3. The molecule has 5 nitrogen and oxygen atoms in total. The lowest BCUT2D eigenvalue weighted by Gasteiger charge is -2.36. The highest BCUT2D eigenvalue weighted by Crippen LogP contribution is 2.27. The van der Waals surface area contributed by atoms with E-state index in [4.69, 9.17) is 5.11 Å². The maximum Gasteiger partial charge on any atom is 0.323 e. The number of hydrogen-bond acceptors (Lipinski definition) is 3. The summed E-state index contributed by atoms with van der Waals surface area (Å²) in [4.78, 5) is 24.4. The number of hydrogen-bond donors (Lipinski definition) is 2. The highest BCUT2D eigenvalue weighted by atomic mass is 16.4. The zero-order valence-electron chi connectivity index (χ0n) is 10.2. The van der Waals surface area contributed by atoms with E-state index < -0.39 is 11.4 Å². The molecule has 5 heteroatoms. The number of carbonyl (C=O) groups is 2. The number of nitrogens with one attached hydrogen (secondary N) is 1. The van der Waals surface area contributed by atoms with Crippen molar-refractivity contribution in [3.05, 3.63) is 12.7 Å². The summed E-state index contributed by atoms with van der Waals surface area (Å²) in [5, 5.41) is 12.0. The quantitative estimate of drug-likeness (QED) is 0.686. The van der Waals surface area contributed by atoms with Gasteiger partial charge in [0.15, 0.2) is 0 Å². The van der Waals surface area contributed by atoms with Gasteiger partial charge in [-0.1, -0.05) is 6.08 Å². The van der Waals surface area contributed by atoms with E-state index in [0.29, 0.717) is 6.54 Å². The average molecular weight is 240 g/mol. The summed E-state index contributed by atoms with van der Waals surface area (Å²) in [7, 11) is 0. The molecule has 17 heavy (non-hydrogen) atoms. The van der Waals surface area contributed by atoms with Gasteiger partial charge in [0.25, 0.3) is 0 Å². The number of rotatable bonds is 5. The molecular formula is C12H20N2O3. The standard InChI is InChI=1S/C12H20N2O3/c1-3-7-14(8-10(15)16)11(17)12(2)5-4-6-13-9-12/h3,13H,1,4-9H2,2H3,(H,15,16). The van der Waals surface area contributed by atoms with Crippen LogP contribution in [0.4, 0.5) is 0 Å². The third kappa shape index (κ3) is 3.56. The largest absolute Gasteiger partial charge is 0.480 e. The summed E-state index contributed by atoms with van der Waals surface area (Å²) in [5.41, 5.74) is -0.489. The van der Waals surface area contributed by atoms with E-state index in [2.05, 4.69) is 11.9 Å². The minimum atomic E-state index is -0.993. The summed E-state index contributed by atoms with van der Waals surface area (Å²) in [5.74, 6) is -1.10. The second-order valence-corrected chi connectivity index (χ2v) is 4.71. The molecule has 1 heterocycles. The predicted molar refractivity (Wildman–Crippen MR) is 64.6 cm³/mol. The molecule has 96 valence electrons. The number of piperidine rings is 1. The zero-order chi connectivity index (χ0) is 12.9. The van der Waals surface area contributed by atoms with Crippen molar-refractivity contribution in [1.82, 2.24) is 10.2 Å². The fourth-order valence-electron chi connectivity index (χ4n) is 2.16. The van der Waals surface area contributed by atoms with Crippen LogP contribution in [0.2, 0.25) is 0 Å². The van der Waals surface area contributed by atoms with Gasteiger partial charge in [-0.25, -0.2) is 0 Å².